The van der Waals surface area contributed by atoms with E-state index in [9.17, 15) is 22.8 Å². The maximum absolute atomic E-state index is 13.2. The minimum absolute atomic E-state index is 0.00822. The van der Waals surface area contributed by atoms with Gasteiger partial charge in [-0.3, -0.25) is 0 Å². The molecular formula is C25H38F3NO7Si. The maximum atomic E-state index is 13.2. The molecular weight excluding hydrogens is 511 g/mol. The molecule has 0 atom stereocenters. The second kappa shape index (κ2) is 18.8. The van der Waals surface area contributed by atoms with Gasteiger partial charge in [0.2, 0.25) is 0 Å². The number of amides is 1. The molecule has 1 amide bonds. The van der Waals surface area contributed by atoms with Crippen LogP contribution in [-0.2, 0) is 27.5 Å². The Morgan fingerprint density at radius 1 is 0.838 bits per heavy atom. The predicted molar refractivity (Wildman–Crippen MR) is 134 cm³/mol. The summed E-state index contributed by atoms with van der Waals surface area (Å²) in [6, 6.07) is 2.17. The summed E-state index contributed by atoms with van der Waals surface area (Å²) in [5.74, 6) is -4.90. The molecule has 37 heavy (non-hydrogen) atoms. The third kappa shape index (κ3) is 13.6. The molecule has 210 valence electrons. The van der Waals surface area contributed by atoms with Gasteiger partial charge in [0.15, 0.2) is 17.5 Å². The van der Waals surface area contributed by atoms with Gasteiger partial charge in [-0.2, -0.15) is 0 Å². The number of unbranched alkanes of at least 4 members (excludes halogenated alkanes) is 3. The van der Waals surface area contributed by atoms with Gasteiger partial charge in [0, 0.05) is 38.5 Å². The normalized spacial score (nSPS) is 11.6. The zero-order valence-corrected chi connectivity index (χ0v) is 22.8. The van der Waals surface area contributed by atoms with Crippen molar-refractivity contribution in [1.29, 1.82) is 0 Å². The van der Waals surface area contributed by atoms with E-state index in [1.807, 2.05) is 20.8 Å². The van der Waals surface area contributed by atoms with Crippen LogP contribution in [-0.4, -0.2) is 60.4 Å². The van der Waals surface area contributed by atoms with Gasteiger partial charge in [-0.05, 0) is 76.6 Å². The van der Waals surface area contributed by atoms with Crippen molar-refractivity contribution < 1.29 is 45.5 Å². The third-order valence-corrected chi connectivity index (χ3v) is 8.11. The lowest BCUT2D eigenvalue weighted by atomic mass is 10.2. The van der Waals surface area contributed by atoms with E-state index < -0.39 is 38.3 Å². The molecule has 0 fully saturated rings. The Kier molecular flexibility index (Phi) is 16.5. The van der Waals surface area contributed by atoms with Crippen LogP contribution in [0.2, 0.25) is 6.04 Å². The first-order valence-electron chi connectivity index (χ1n) is 12.6. The minimum atomic E-state index is -2.72. The van der Waals surface area contributed by atoms with Crippen LogP contribution in [0.25, 0.3) is 6.08 Å². The van der Waals surface area contributed by atoms with E-state index in [-0.39, 0.29) is 18.8 Å². The van der Waals surface area contributed by atoms with E-state index in [4.69, 9.17) is 22.8 Å². The molecule has 0 radical (unpaired) electrons. The lowest BCUT2D eigenvalue weighted by Gasteiger charge is -2.28. The molecule has 1 aromatic carbocycles. The average Bonchev–Trinajstić information content (AvgIpc) is 2.86. The van der Waals surface area contributed by atoms with Gasteiger partial charge in [0.1, 0.15) is 0 Å². The smallest absolute Gasteiger partial charge is 0.463 e. The molecule has 0 aliphatic rings. The number of carbonyl (C=O) groups is 2. The van der Waals surface area contributed by atoms with Crippen LogP contribution < -0.4 is 5.32 Å². The summed E-state index contributed by atoms with van der Waals surface area (Å²) in [7, 11) is -2.72. The average molecular weight is 550 g/mol. The zero-order valence-electron chi connectivity index (χ0n) is 21.8. The van der Waals surface area contributed by atoms with Gasteiger partial charge >= 0.3 is 20.9 Å². The molecule has 8 nitrogen and oxygen atoms in total. The van der Waals surface area contributed by atoms with Gasteiger partial charge in [-0.15, -0.1) is 0 Å². The van der Waals surface area contributed by atoms with Gasteiger partial charge in [-0.1, -0.05) is 0 Å². The van der Waals surface area contributed by atoms with Gasteiger partial charge in [-0.25, -0.2) is 22.8 Å². The molecule has 0 heterocycles. The van der Waals surface area contributed by atoms with E-state index in [0.29, 0.717) is 51.7 Å². The number of benzene rings is 1. The molecule has 0 aliphatic heterocycles. The molecule has 1 rings (SSSR count). The Labute approximate surface area is 217 Å². The first-order valence-corrected chi connectivity index (χ1v) is 14.5. The molecule has 0 saturated heterocycles. The highest BCUT2D eigenvalue weighted by molar-refractivity contribution is 6.60. The van der Waals surface area contributed by atoms with Crippen molar-refractivity contribution in [2.75, 3.05) is 39.6 Å². The quantitative estimate of drug-likeness (QED) is 0.0814. The van der Waals surface area contributed by atoms with E-state index in [1.165, 1.54) is 0 Å². The molecule has 0 aliphatic carbocycles. The summed E-state index contributed by atoms with van der Waals surface area (Å²) in [5.41, 5.74) is 0.00822. The molecule has 12 heteroatoms. The Bertz CT molecular complexity index is 818. The fraction of sp³-hybridized carbons (Fsp3) is 0.600. The van der Waals surface area contributed by atoms with E-state index >= 15 is 0 Å². The van der Waals surface area contributed by atoms with Crippen LogP contribution >= 0.6 is 0 Å². The topological polar surface area (TPSA) is 92.3 Å². The first kappa shape index (κ1) is 32.6. The summed E-state index contributed by atoms with van der Waals surface area (Å²) in [5, 5.41) is 2.71. The Balaban J connectivity index is 2.11. The molecule has 0 unspecified atom stereocenters. The van der Waals surface area contributed by atoms with Crippen LogP contribution in [0.3, 0.4) is 0 Å². The number of ether oxygens (including phenoxy) is 2. The van der Waals surface area contributed by atoms with Crippen molar-refractivity contribution in [2.45, 2.75) is 58.9 Å². The van der Waals surface area contributed by atoms with Gasteiger partial charge in [0.25, 0.3) is 0 Å². The standard InChI is InChI=1S/C25H38F3NO7Si/c1-4-34-37(35-5-2,36-6-3)17-11-14-29-25(31)33-16-10-8-7-9-15-32-23(30)13-12-20-18-21(26)24(28)22(27)19-20/h12-13,18-19H,4-11,14-17H2,1-3H3,(H,29,31)/b13-12+. The number of esters is 1. The zero-order chi connectivity index (χ0) is 27.5. The highest BCUT2D eigenvalue weighted by atomic mass is 28.4. The van der Waals surface area contributed by atoms with E-state index in [2.05, 4.69) is 5.32 Å². The van der Waals surface area contributed by atoms with Crippen molar-refractivity contribution in [3.8, 4) is 0 Å². The first-order chi connectivity index (χ1) is 17.8. The molecule has 0 aromatic heterocycles. The summed E-state index contributed by atoms with van der Waals surface area (Å²) in [4.78, 5) is 23.5. The number of nitrogens with one attached hydrogen (secondary N) is 1. The number of rotatable bonds is 19. The number of halogens is 3. The number of carbonyl (C=O) groups excluding carboxylic acids is 2. The molecule has 0 spiro atoms. The summed E-state index contributed by atoms with van der Waals surface area (Å²) in [6.45, 7) is 8.06. The fourth-order valence-corrected chi connectivity index (χ4v) is 5.94. The Morgan fingerprint density at radius 3 is 1.92 bits per heavy atom. The van der Waals surface area contributed by atoms with E-state index in [0.717, 1.165) is 37.1 Å². The fourth-order valence-electron chi connectivity index (χ4n) is 3.33. The van der Waals surface area contributed by atoms with E-state index in [1.54, 1.807) is 0 Å². The van der Waals surface area contributed by atoms with Crippen LogP contribution in [0.5, 0.6) is 0 Å². The van der Waals surface area contributed by atoms with Crippen molar-refractivity contribution in [3.63, 3.8) is 0 Å². The monoisotopic (exact) mass is 549 g/mol. The summed E-state index contributed by atoms with van der Waals surface area (Å²) >= 11 is 0. The second-order valence-corrected chi connectivity index (χ2v) is 10.6. The number of hydrogen-bond acceptors (Lipinski definition) is 7. The Hall–Kier alpha value is -2.41. The molecule has 0 saturated carbocycles. The van der Waals surface area contributed by atoms with Crippen LogP contribution in [0.4, 0.5) is 18.0 Å². The number of hydrogen-bond donors (Lipinski definition) is 1. The second-order valence-electron chi connectivity index (χ2n) is 7.86. The SMILES string of the molecule is CCO[Si](CCCNC(=O)OCCCCCCOC(=O)/C=C/c1cc(F)c(F)c(F)c1)(OCC)OCC. The Morgan fingerprint density at radius 2 is 1.38 bits per heavy atom. The van der Waals surface area contributed by atoms with Crippen molar-refractivity contribution in [3.05, 3.63) is 41.2 Å². The molecule has 1 N–H and O–H groups in total. The third-order valence-electron chi connectivity index (χ3n) is 4.96. The highest BCUT2D eigenvalue weighted by Gasteiger charge is 2.39. The molecule has 0 bridgehead atoms. The van der Waals surface area contributed by atoms with Crippen molar-refractivity contribution >= 4 is 26.9 Å². The maximum Gasteiger partial charge on any atom is 0.500 e. The molecule has 1 aromatic rings. The van der Waals surface area contributed by atoms with Crippen LogP contribution in [0.15, 0.2) is 18.2 Å². The number of alkyl carbamates (subject to hydrolysis) is 1. The van der Waals surface area contributed by atoms with Crippen LogP contribution in [0.1, 0.15) is 58.4 Å². The van der Waals surface area contributed by atoms with Gasteiger partial charge in [0.05, 0.1) is 13.2 Å². The van der Waals surface area contributed by atoms with Crippen LogP contribution in [0, 0.1) is 17.5 Å². The largest absolute Gasteiger partial charge is 0.500 e. The summed E-state index contributed by atoms with van der Waals surface area (Å²) in [6.07, 6.45) is 5.13. The summed E-state index contributed by atoms with van der Waals surface area (Å²) < 4.78 is 66.7. The lowest BCUT2D eigenvalue weighted by molar-refractivity contribution is -0.137. The van der Waals surface area contributed by atoms with Gasteiger partial charge < -0.3 is 28.1 Å². The lowest BCUT2D eigenvalue weighted by Crippen LogP contribution is -2.46. The predicted octanol–water partition coefficient (Wildman–Crippen LogP) is 5.39. The van der Waals surface area contributed by atoms with Crippen molar-refractivity contribution in [2.24, 2.45) is 0 Å². The van der Waals surface area contributed by atoms with Crippen molar-refractivity contribution in [1.82, 2.24) is 5.32 Å². The minimum Gasteiger partial charge on any atom is -0.463 e. The highest BCUT2D eigenvalue weighted by Crippen LogP contribution is 2.18.